The van der Waals surface area contributed by atoms with Gasteiger partial charge in [-0.05, 0) is 49.6 Å². The van der Waals surface area contributed by atoms with E-state index in [1.807, 2.05) is 49.4 Å². The Morgan fingerprint density at radius 2 is 2.05 bits per heavy atom. The third kappa shape index (κ3) is 3.02. The molecule has 0 atom stereocenters. The summed E-state index contributed by atoms with van der Waals surface area (Å²) in [5, 5.41) is 4.13. The lowest BCUT2D eigenvalue weighted by molar-refractivity contribution is 0.102. The largest absolute Gasteiger partial charge is 0.322 e. The number of nitrogens with zero attached hydrogens (tertiary/aromatic N) is 1. The topological polar surface area (TPSA) is 42.0 Å². The van der Waals surface area contributed by atoms with Gasteiger partial charge in [0.15, 0.2) is 0 Å². The van der Waals surface area contributed by atoms with Gasteiger partial charge in [0.2, 0.25) is 0 Å². The monoisotopic (exact) mass is 310 g/mol. The van der Waals surface area contributed by atoms with E-state index >= 15 is 0 Å². The van der Waals surface area contributed by atoms with Crippen molar-refractivity contribution in [3.05, 3.63) is 58.6 Å². The van der Waals surface area contributed by atoms with Gasteiger partial charge in [-0.2, -0.15) is 0 Å². The smallest absolute Gasteiger partial charge is 0.255 e. The minimum atomic E-state index is -0.0734. The zero-order valence-corrected chi connectivity index (χ0v) is 13.5. The lowest BCUT2D eigenvalue weighted by Crippen LogP contribution is -2.13. The third-order valence-corrected chi connectivity index (χ3v) is 4.62. The van der Waals surface area contributed by atoms with Crippen molar-refractivity contribution >= 4 is 33.1 Å². The number of carbonyl (C=O) groups is 1. The van der Waals surface area contributed by atoms with Crippen LogP contribution in [-0.2, 0) is 6.42 Å². The van der Waals surface area contributed by atoms with Crippen LogP contribution in [0.25, 0.3) is 10.2 Å². The van der Waals surface area contributed by atoms with Crippen LogP contribution in [0, 0.1) is 6.92 Å². The van der Waals surface area contributed by atoms with Crippen molar-refractivity contribution in [2.24, 2.45) is 0 Å². The molecule has 3 aromatic rings. The Hall–Kier alpha value is -2.20. The van der Waals surface area contributed by atoms with Crippen molar-refractivity contribution in [1.82, 2.24) is 4.98 Å². The molecule has 3 nitrogen and oxygen atoms in total. The number of aryl methyl sites for hydroxylation is 2. The number of thiazole rings is 1. The molecule has 112 valence electrons. The molecule has 2 aromatic carbocycles. The molecule has 4 heteroatoms. The van der Waals surface area contributed by atoms with Crippen LogP contribution in [-0.4, -0.2) is 10.9 Å². The van der Waals surface area contributed by atoms with Crippen LogP contribution >= 0.6 is 11.3 Å². The number of anilines is 1. The lowest BCUT2D eigenvalue weighted by atomic mass is 10.1. The summed E-state index contributed by atoms with van der Waals surface area (Å²) in [6, 6.07) is 13.5. The van der Waals surface area contributed by atoms with Gasteiger partial charge in [0, 0.05) is 11.3 Å². The fraction of sp³-hybridized carbons (Fsp3) is 0.222. The second-order valence-electron chi connectivity index (χ2n) is 5.31. The van der Waals surface area contributed by atoms with Gasteiger partial charge in [-0.25, -0.2) is 4.98 Å². The number of hydrogen-bond donors (Lipinski definition) is 1. The first-order chi connectivity index (χ1) is 10.7. The molecule has 0 aliphatic heterocycles. The Morgan fingerprint density at radius 1 is 1.23 bits per heavy atom. The quantitative estimate of drug-likeness (QED) is 0.751. The van der Waals surface area contributed by atoms with Gasteiger partial charge in [0.1, 0.15) is 0 Å². The number of benzene rings is 2. The number of amides is 1. The number of nitrogens with one attached hydrogen (secondary N) is 1. The van der Waals surface area contributed by atoms with E-state index in [0.717, 1.165) is 39.3 Å². The van der Waals surface area contributed by atoms with E-state index in [2.05, 4.69) is 17.2 Å². The SMILES string of the molecule is CCCc1nc2ccc(NC(=O)c3ccccc3C)cc2s1. The van der Waals surface area contributed by atoms with Crippen molar-refractivity contribution < 1.29 is 4.79 Å². The van der Waals surface area contributed by atoms with Crippen LogP contribution < -0.4 is 5.32 Å². The lowest BCUT2D eigenvalue weighted by Gasteiger charge is -2.07. The molecule has 0 aliphatic carbocycles. The van der Waals surface area contributed by atoms with E-state index in [0.29, 0.717) is 5.56 Å². The number of fused-ring (bicyclic) bond motifs is 1. The van der Waals surface area contributed by atoms with Crippen molar-refractivity contribution in [1.29, 1.82) is 0 Å². The van der Waals surface area contributed by atoms with E-state index < -0.39 is 0 Å². The van der Waals surface area contributed by atoms with Crippen molar-refractivity contribution in [3.63, 3.8) is 0 Å². The van der Waals surface area contributed by atoms with Crippen LogP contribution in [0.2, 0.25) is 0 Å². The number of carbonyl (C=O) groups excluding carboxylic acids is 1. The normalized spacial score (nSPS) is 10.8. The molecule has 22 heavy (non-hydrogen) atoms. The van der Waals surface area contributed by atoms with Crippen LogP contribution in [0.15, 0.2) is 42.5 Å². The number of aromatic nitrogens is 1. The predicted molar refractivity (Wildman–Crippen MR) is 92.7 cm³/mol. The van der Waals surface area contributed by atoms with E-state index in [-0.39, 0.29) is 5.91 Å². The first-order valence-electron chi connectivity index (χ1n) is 7.44. The molecule has 1 heterocycles. The average molecular weight is 310 g/mol. The van der Waals surface area contributed by atoms with Gasteiger partial charge in [-0.1, -0.05) is 25.1 Å². The minimum Gasteiger partial charge on any atom is -0.322 e. The fourth-order valence-corrected chi connectivity index (χ4v) is 3.51. The van der Waals surface area contributed by atoms with Gasteiger partial charge in [-0.15, -0.1) is 11.3 Å². The van der Waals surface area contributed by atoms with Crippen LogP contribution in [0.4, 0.5) is 5.69 Å². The molecule has 0 spiro atoms. The van der Waals surface area contributed by atoms with Gasteiger partial charge >= 0.3 is 0 Å². The maximum absolute atomic E-state index is 12.4. The highest BCUT2D eigenvalue weighted by molar-refractivity contribution is 7.18. The molecule has 0 radical (unpaired) electrons. The highest BCUT2D eigenvalue weighted by atomic mass is 32.1. The zero-order valence-electron chi connectivity index (χ0n) is 12.7. The van der Waals surface area contributed by atoms with Gasteiger partial charge in [0.25, 0.3) is 5.91 Å². The molecule has 0 saturated heterocycles. The summed E-state index contributed by atoms with van der Waals surface area (Å²) in [4.78, 5) is 17.0. The molecule has 1 aromatic heterocycles. The Labute approximate surface area is 134 Å². The van der Waals surface area contributed by atoms with Gasteiger partial charge in [0.05, 0.1) is 15.2 Å². The fourth-order valence-electron chi connectivity index (χ4n) is 2.40. The van der Waals surface area contributed by atoms with Crippen LogP contribution in [0.1, 0.15) is 34.3 Å². The van der Waals surface area contributed by atoms with E-state index in [1.165, 1.54) is 0 Å². The molecule has 0 bridgehead atoms. The van der Waals surface area contributed by atoms with Crippen molar-refractivity contribution in [2.75, 3.05) is 5.32 Å². The highest BCUT2D eigenvalue weighted by Gasteiger charge is 2.10. The molecule has 1 amide bonds. The predicted octanol–water partition coefficient (Wildman–Crippen LogP) is 4.81. The highest BCUT2D eigenvalue weighted by Crippen LogP contribution is 2.26. The molecule has 0 fully saturated rings. The Balaban J connectivity index is 1.84. The molecular weight excluding hydrogens is 292 g/mol. The zero-order chi connectivity index (χ0) is 15.5. The summed E-state index contributed by atoms with van der Waals surface area (Å²) in [6.45, 7) is 4.10. The summed E-state index contributed by atoms with van der Waals surface area (Å²) in [6.07, 6.45) is 2.10. The summed E-state index contributed by atoms with van der Waals surface area (Å²) in [7, 11) is 0. The summed E-state index contributed by atoms with van der Waals surface area (Å²) < 4.78 is 1.12. The third-order valence-electron chi connectivity index (χ3n) is 3.54. The number of hydrogen-bond acceptors (Lipinski definition) is 3. The molecular formula is C18H18N2OS. The van der Waals surface area contributed by atoms with Gasteiger partial charge < -0.3 is 5.32 Å². The van der Waals surface area contributed by atoms with Crippen LogP contribution in [0.5, 0.6) is 0 Å². The van der Waals surface area contributed by atoms with Crippen molar-refractivity contribution in [2.45, 2.75) is 26.7 Å². The molecule has 3 rings (SSSR count). The van der Waals surface area contributed by atoms with E-state index in [4.69, 9.17) is 0 Å². The minimum absolute atomic E-state index is 0.0734. The molecule has 0 unspecified atom stereocenters. The van der Waals surface area contributed by atoms with Gasteiger partial charge in [-0.3, -0.25) is 4.79 Å². The van der Waals surface area contributed by atoms with E-state index in [1.54, 1.807) is 11.3 Å². The first kappa shape index (κ1) is 14.7. The summed E-state index contributed by atoms with van der Waals surface area (Å²) in [5.41, 5.74) is 3.50. The summed E-state index contributed by atoms with van der Waals surface area (Å²) >= 11 is 1.70. The number of rotatable bonds is 4. The Bertz CT molecular complexity index is 823. The molecule has 0 aliphatic rings. The first-order valence-corrected chi connectivity index (χ1v) is 8.25. The maximum atomic E-state index is 12.4. The molecule has 0 saturated carbocycles. The average Bonchev–Trinajstić information content (AvgIpc) is 2.89. The van der Waals surface area contributed by atoms with Crippen molar-refractivity contribution in [3.8, 4) is 0 Å². The second kappa shape index (κ2) is 6.28. The maximum Gasteiger partial charge on any atom is 0.255 e. The molecule has 1 N–H and O–H groups in total. The standard InChI is InChI=1S/C18H18N2OS/c1-3-6-17-20-15-10-9-13(11-16(15)22-17)19-18(21)14-8-5-4-7-12(14)2/h4-5,7-11H,3,6H2,1-2H3,(H,19,21). The Morgan fingerprint density at radius 3 is 2.82 bits per heavy atom. The second-order valence-corrected chi connectivity index (χ2v) is 6.42. The van der Waals surface area contributed by atoms with Crippen LogP contribution in [0.3, 0.4) is 0 Å². The summed E-state index contributed by atoms with van der Waals surface area (Å²) in [5.74, 6) is -0.0734. The van der Waals surface area contributed by atoms with E-state index in [9.17, 15) is 4.79 Å². The Kier molecular flexibility index (Phi) is 4.20.